The molecule has 134 valence electrons. The topological polar surface area (TPSA) is 64.0 Å². The molecule has 3 aromatic rings. The zero-order valence-corrected chi connectivity index (χ0v) is 15.9. The molecule has 6 heteroatoms. The first-order valence-electron chi connectivity index (χ1n) is 8.83. The van der Waals surface area contributed by atoms with Crippen LogP contribution < -0.4 is 10.9 Å². The Balaban J connectivity index is 1.62. The lowest BCUT2D eigenvalue weighted by Gasteiger charge is -2.15. The first-order valence-corrected chi connectivity index (χ1v) is 9.64. The van der Waals surface area contributed by atoms with Crippen LogP contribution in [0.2, 0.25) is 0 Å². The number of carbonyl (C=O) groups excluding carboxylic acids is 1. The molecule has 1 aliphatic carbocycles. The van der Waals surface area contributed by atoms with E-state index in [-0.39, 0.29) is 17.5 Å². The summed E-state index contributed by atoms with van der Waals surface area (Å²) in [7, 11) is 1.67. The summed E-state index contributed by atoms with van der Waals surface area (Å²) in [6.07, 6.45) is 4.98. The number of carbonyl (C=O) groups is 1. The number of aromatic nitrogens is 2. The number of thiophene rings is 1. The van der Waals surface area contributed by atoms with Crippen LogP contribution in [0.3, 0.4) is 0 Å². The highest BCUT2D eigenvalue weighted by molar-refractivity contribution is 7.20. The van der Waals surface area contributed by atoms with Gasteiger partial charge in [0, 0.05) is 7.05 Å². The summed E-state index contributed by atoms with van der Waals surface area (Å²) in [6, 6.07) is 6.40. The van der Waals surface area contributed by atoms with E-state index < -0.39 is 0 Å². The van der Waals surface area contributed by atoms with E-state index in [1.165, 1.54) is 39.8 Å². The van der Waals surface area contributed by atoms with Gasteiger partial charge in [0.15, 0.2) is 0 Å². The van der Waals surface area contributed by atoms with E-state index in [0.29, 0.717) is 20.7 Å². The lowest BCUT2D eigenvalue weighted by Crippen LogP contribution is -2.26. The number of nitrogens with one attached hydrogen (secondary N) is 1. The van der Waals surface area contributed by atoms with Gasteiger partial charge >= 0.3 is 0 Å². The molecule has 2 aromatic heterocycles. The Morgan fingerprint density at radius 1 is 1.31 bits per heavy atom. The van der Waals surface area contributed by atoms with E-state index in [9.17, 15) is 9.59 Å². The summed E-state index contributed by atoms with van der Waals surface area (Å²) in [4.78, 5) is 30.6. The number of fused-ring (bicyclic) bond motifs is 2. The van der Waals surface area contributed by atoms with Gasteiger partial charge in [0.1, 0.15) is 4.83 Å². The molecule has 4 rings (SSSR count). The molecule has 1 amide bonds. The molecular formula is C20H21N3O2S. The van der Waals surface area contributed by atoms with E-state index >= 15 is 0 Å². The van der Waals surface area contributed by atoms with Crippen LogP contribution in [0.15, 0.2) is 29.3 Å². The quantitative estimate of drug-likeness (QED) is 0.773. The van der Waals surface area contributed by atoms with E-state index in [0.717, 1.165) is 18.4 Å². The van der Waals surface area contributed by atoms with Gasteiger partial charge in [0.2, 0.25) is 0 Å². The molecule has 0 saturated heterocycles. The lowest BCUT2D eigenvalue weighted by molar-refractivity contribution is 0.0943. The molecule has 1 N–H and O–H groups in total. The number of nitrogens with zero attached hydrogens (tertiary/aromatic N) is 2. The summed E-state index contributed by atoms with van der Waals surface area (Å²) < 4.78 is 1.44. The van der Waals surface area contributed by atoms with E-state index in [4.69, 9.17) is 0 Å². The largest absolute Gasteiger partial charge is 0.345 e. The average Bonchev–Trinajstić information content (AvgIpc) is 3.22. The third-order valence-electron chi connectivity index (χ3n) is 5.19. The second kappa shape index (κ2) is 6.36. The van der Waals surface area contributed by atoms with Gasteiger partial charge in [0.05, 0.1) is 22.6 Å². The van der Waals surface area contributed by atoms with E-state index in [1.807, 2.05) is 13.8 Å². The smallest absolute Gasteiger partial charge is 0.262 e. The normalized spacial score (nSPS) is 14.4. The molecule has 0 radical (unpaired) electrons. The highest BCUT2D eigenvalue weighted by Gasteiger charge is 2.21. The van der Waals surface area contributed by atoms with Crippen molar-refractivity contribution in [3.63, 3.8) is 0 Å². The maximum absolute atomic E-state index is 12.8. The maximum Gasteiger partial charge on any atom is 0.262 e. The predicted molar refractivity (Wildman–Crippen MR) is 104 cm³/mol. The van der Waals surface area contributed by atoms with Crippen LogP contribution in [0.1, 0.15) is 51.3 Å². The number of amides is 1. The van der Waals surface area contributed by atoms with Crippen molar-refractivity contribution in [1.82, 2.24) is 14.9 Å². The Kier molecular flexibility index (Phi) is 4.15. The Bertz CT molecular complexity index is 1080. The van der Waals surface area contributed by atoms with Crippen molar-refractivity contribution in [2.24, 2.45) is 7.05 Å². The predicted octanol–water partition coefficient (Wildman–Crippen LogP) is 3.28. The van der Waals surface area contributed by atoms with E-state index in [2.05, 4.69) is 28.5 Å². The fourth-order valence-corrected chi connectivity index (χ4v) is 4.67. The molecule has 1 unspecified atom stereocenters. The summed E-state index contributed by atoms with van der Waals surface area (Å²) >= 11 is 1.28. The molecule has 0 spiro atoms. The summed E-state index contributed by atoms with van der Waals surface area (Å²) in [5.74, 6) is -0.152. The first-order chi connectivity index (χ1) is 12.5. The van der Waals surface area contributed by atoms with Crippen molar-refractivity contribution in [3.05, 3.63) is 62.0 Å². The zero-order chi connectivity index (χ0) is 18.4. The number of aryl methyl sites for hydroxylation is 4. The molecule has 5 nitrogen and oxygen atoms in total. The molecular weight excluding hydrogens is 346 g/mol. The summed E-state index contributed by atoms with van der Waals surface area (Å²) in [5, 5.41) is 3.61. The van der Waals surface area contributed by atoms with Crippen LogP contribution in [-0.2, 0) is 19.9 Å². The molecule has 1 aliphatic rings. The standard InChI is InChI=1S/C20H21N3O2S/c1-11-16-19(21-10-23(3)20(16)25)26-17(11)18(24)22-12(2)14-8-7-13-5-4-6-15(13)9-14/h7-10,12H,4-6H2,1-3H3,(H,22,24). The first kappa shape index (κ1) is 17.0. The molecule has 0 bridgehead atoms. The molecule has 26 heavy (non-hydrogen) atoms. The molecule has 2 heterocycles. The van der Waals surface area contributed by atoms with Crippen molar-refractivity contribution in [1.29, 1.82) is 0 Å². The third kappa shape index (κ3) is 2.74. The lowest BCUT2D eigenvalue weighted by atomic mass is 10.0. The fraction of sp³-hybridized carbons (Fsp3) is 0.350. The highest BCUT2D eigenvalue weighted by Crippen LogP contribution is 2.28. The maximum atomic E-state index is 12.8. The second-order valence-corrected chi connectivity index (χ2v) is 7.97. The Hall–Kier alpha value is -2.47. The van der Waals surface area contributed by atoms with Crippen LogP contribution in [-0.4, -0.2) is 15.5 Å². The Labute approximate surface area is 155 Å². The average molecular weight is 367 g/mol. The van der Waals surface area contributed by atoms with Crippen LogP contribution in [0.25, 0.3) is 10.2 Å². The van der Waals surface area contributed by atoms with Crippen molar-refractivity contribution >= 4 is 27.5 Å². The third-order valence-corrected chi connectivity index (χ3v) is 6.39. The minimum atomic E-state index is -0.152. The van der Waals surface area contributed by atoms with Gasteiger partial charge in [-0.3, -0.25) is 9.59 Å². The van der Waals surface area contributed by atoms with E-state index in [1.54, 1.807) is 7.05 Å². The number of hydrogen-bond acceptors (Lipinski definition) is 4. The van der Waals surface area contributed by atoms with Gasteiger partial charge in [-0.05, 0) is 55.4 Å². The number of benzene rings is 1. The van der Waals surface area contributed by atoms with Crippen molar-refractivity contribution in [2.75, 3.05) is 0 Å². The van der Waals surface area contributed by atoms with Crippen molar-refractivity contribution in [3.8, 4) is 0 Å². The van der Waals surface area contributed by atoms with Gasteiger partial charge in [-0.1, -0.05) is 18.2 Å². The van der Waals surface area contributed by atoms with Crippen LogP contribution in [0.4, 0.5) is 0 Å². The molecule has 0 saturated carbocycles. The van der Waals surface area contributed by atoms with Crippen LogP contribution in [0, 0.1) is 6.92 Å². The van der Waals surface area contributed by atoms with Crippen LogP contribution >= 0.6 is 11.3 Å². The van der Waals surface area contributed by atoms with Gasteiger partial charge in [0.25, 0.3) is 11.5 Å². The summed E-state index contributed by atoms with van der Waals surface area (Å²) in [5.41, 5.74) is 4.53. The highest BCUT2D eigenvalue weighted by atomic mass is 32.1. The van der Waals surface area contributed by atoms with Gasteiger partial charge in [-0.2, -0.15) is 0 Å². The van der Waals surface area contributed by atoms with Gasteiger partial charge < -0.3 is 9.88 Å². The second-order valence-electron chi connectivity index (χ2n) is 6.97. The van der Waals surface area contributed by atoms with Crippen LogP contribution in [0.5, 0.6) is 0 Å². The SMILES string of the molecule is Cc1c(C(=O)NC(C)c2ccc3c(c2)CCC3)sc2ncn(C)c(=O)c12. The number of rotatable bonds is 3. The van der Waals surface area contributed by atoms with Crippen molar-refractivity contribution in [2.45, 2.75) is 39.2 Å². The molecule has 1 aromatic carbocycles. The fourth-order valence-electron chi connectivity index (χ4n) is 3.63. The monoisotopic (exact) mass is 367 g/mol. The number of hydrogen-bond donors (Lipinski definition) is 1. The minimum absolute atomic E-state index is 0.0891. The Morgan fingerprint density at radius 3 is 2.88 bits per heavy atom. The minimum Gasteiger partial charge on any atom is -0.345 e. The van der Waals surface area contributed by atoms with Gasteiger partial charge in [-0.15, -0.1) is 11.3 Å². The Morgan fingerprint density at radius 2 is 2.08 bits per heavy atom. The summed E-state index contributed by atoms with van der Waals surface area (Å²) in [6.45, 7) is 3.81. The zero-order valence-electron chi connectivity index (χ0n) is 15.1. The molecule has 0 aliphatic heterocycles. The van der Waals surface area contributed by atoms with Crippen molar-refractivity contribution < 1.29 is 4.79 Å². The molecule has 0 fully saturated rings. The molecule has 1 atom stereocenters. The van der Waals surface area contributed by atoms with Gasteiger partial charge in [-0.25, -0.2) is 4.98 Å².